The van der Waals surface area contributed by atoms with Gasteiger partial charge in [0.15, 0.2) is 0 Å². The van der Waals surface area contributed by atoms with Gasteiger partial charge in [0.1, 0.15) is 5.82 Å². The van der Waals surface area contributed by atoms with E-state index in [4.69, 9.17) is 0 Å². The molecule has 1 aromatic heterocycles. The maximum atomic E-state index is 3.95. The van der Waals surface area contributed by atoms with Crippen molar-refractivity contribution in [3.8, 4) is 0 Å². The molecule has 82 valence electrons. The number of anilines is 1. The van der Waals surface area contributed by atoms with E-state index in [0.717, 1.165) is 18.1 Å². The molecule has 1 heterocycles. The number of nitrogens with one attached hydrogen (secondary N) is 1. The lowest BCUT2D eigenvalue weighted by Gasteiger charge is -2.04. The molecule has 0 aliphatic carbocycles. The topological polar surface area (TPSA) is 37.8 Å². The predicted molar refractivity (Wildman–Crippen MR) is 67.7 cm³/mol. The van der Waals surface area contributed by atoms with Crippen LogP contribution in [0.5, 0.6) is 0 Å². The molecular weight excluding hydrogens is 218 g/mol. The number of hydrogen-bond donors (Lipinski definition) is 1. The lowest BCUT2D eigenvalue weighted by molar-refractivity contribution is 1.01. The van der Waals surface area contributed by atoms with Gasteiger partial charge in [-0.25, -0.2) is 0 Å². The van der Waals surface area contributed by atoms with Crippen LogP contribution in [-0.4, -0.2) is 22.5 Å². The first-order valence-corrected chi connectivity index (χ1v) is 6.13. The predicted octanol–water partition coefficient (Wildman–Crippen LogP) is 2.68. The Balaban J connectivity index is 1.70. The fraction of sp³-hybridized carbons (Fsp3) is 0.167. The molecule has 0 saturated carbocycles. The number of thioether (sulfide) groups is 1. The van der Waals surface area contributed by atoms with Crippen molar-refractivity contribution in [2.24, 2.45) is 0 Å². The fourth-order valence-corrected chi connectivity index (χ4v) is 2.05. The van der Waals surface area contributed by atoms with Gasteiger partial charge in [-0.05, 0) is 24.3 Å². The van der Waals surface area contributed by atoms with Crippen molar-refractivity contribution < 1.29 is 0 Å². The highest BCUT2D eigenvalue weighted by atomic mass is 32.2. The van der Waals surface area contributed by atoms with E-state index in [0.29, 0.717) is 0 Å². The number of rotatable bonds is 5. The van der Waals surface area contributed by atoms with Gasteiger partial charge >= 0.3 is 0 Å². The number of hydrogen-bond acceptors (Lipinski definition) is 4. The van der Waals surface area contributed by atoms with E-state index < -0.39 is 0 Å². The second-order valence-electron chi connectivity index (χ2n) is 3.20. The maximum absolute atomic E-state index is 3.95. The van der Waals surface area contributed by atoms with Crippen LogP contribution >= 0.6 is 11.8 Å². The van der Waals surface area contributed by atoms with Crippen LogP contribution in [0.1, 0.15) is 0 Å². The molecule has 3 nitrogen and oxygen atoms in total. The van der Waals surface area contributed by atoms with Gasteiger partial charge in [-0.1, -0.05) is 18.2 Å². The Labute approximate surface area is 99.3 Å². The highest BCUT2D eigenvalue weighted by Crippen LogP contribution is 2.16. The first kappa shape index (κ1) is 11.0. The molecule has 2 rings (SSSR count). The third kappa shape index (κ3) is 3.55. The summed E-state index contributed by atoms with van der Waals surface area (Å²) in [5.74, 6) is 1.84. The number of benzene rings is 1. The van der Waals surface area contributed by atoms with E-state index in [1.165, 1.54) is 4.90 Å². The van der Waals surface area contributed by atoms with Crippen molar-refractivity contribution >= 4 is 17.6 Å². The SMILES string of the molecule is c1ccc(SCCNc2cccnn2)cc1. The van der Waals surface area contributed by atoms with E-state index >= 15 is 0 Å². The van der Waals surface area contributed by atoms with Gasteiger partial charge in [0.25, 0.3) is 0 Å². The van der Waals surface area contributed by atoms with Crippen LogP contribution in [0.4, 0.5) is 5.82 Å². The van der Waals surface area contributed by atoms with Gasteiger partial charge in [0.05, 0.1) is 0 Å². The summed E-state index contributed by atoms with van der Waals surface area (Å²) in [5, 5.41) is 11.0. The van der Waals surface area contributed by atoms with Gasteiger partial charge in [-0.3, -0.25) is 0 Å². The largest absolute Gasteiger partial charge is 0.368 e. The zero-order valence-corrected chi connectivity index (χ0v) is 9.65. The molecule has 0 atom stereocenters. The minimum Gasteiger partial charge on any atom is -0.368 e. The molecule has 2 aromatic rings. The molecule has 0 radical (unpaired) electrons. The molecule has 1 N–H and O–H groups in total. The molecular formula is C12H13N3S. The summed E-state index contributed by atoms with van der Waals surface area (Å²) in [6.45, 7) is 0.887. The van der Waals surface area contributed by atoms with Crippen LogP contribution in [0.15, 0.2) is 53.6 Å². The zero-order valence-electron chi connectivity index (χ0n) is 8.84. The molecule has 0 fully saturated rings. The first-order chi connectivity index (χ1) is 7.95. The summed E-state index contributed by atoms with van der Waals surface area (Å²) in [6, 6.07) is 14.2. The molecule has 0 amide bonds. The molecule has 1 aromatic carbocycles. The van der Waals surface area contributed by atoms with E-state index in [1.54, 1.807) is 6.20 Å². The molecule has 0 unspecified atom stereocenters. The minimum absolute atomic E-state index is 0.830. The average molecular weight is 231 g/mol. The fourth-order valence-electron chi connectivity index (χ4n) is 1.26. The van der Waals surface area contributed by atoms with E-state index in [9.17, 15) is 0 Å². The smallest absolute Gasteiger partial charge is 0.148 e. The summed E-state index contributed by atoms with van der Waals surface area (Å²) in [7, 11) is 0. The van der Waals surface area contributed by atoms with Gasteiger partial charge < -0.3 is 5.32 Å². The van der Waals surface area contributed by atoms with Gasteiger partial charge in [-0.15, -0.1) is 16.9 Å². The second-order valence-corrected chi connectivity index (χ2v) is 4.37. The number of nitrogens with zero attached hydrogens (tertiary/aromatic N) is 2. The van der Waals surface area contributed by atoms with Crippen molar-refractivity contribution in [2.75, 3.05) is 17.6 Å². The summed E-state index contributed by atoms with van der Waals surface area (Å²) in [4.78, 5) is 1.29. The average Bonchev–Trinajstić information content (AvgIpc) is 2.37. The number of aromatic nitrogens is 2. The molecule has 0 aliphatic rings. The van der Waals surface area contributed by atoms with Crippen LogP contribution in [0.25, 0.3) is 0 Å². The molecule has 0 bridgehead atoms. The Kier molecular flexibility index (Phi) is 4.19. The Hall–Kier alpha value is -1.55. The lowest BCUT2D eigenvalue weighted by atomic mass is 10.4. The minimum atomic E-state index is 0.830. The van der Waals surface area contributed by atoms with Crippen LogP contribution in [0, 0.1) is 0 Å². The van der Waals surface area contributed by atoms with Crippen molar-refractivity contribution in [3.05, 3.63) is 48.7 Å². The monoisotopic (exact) mass is 231 g/mol. The summed E-state index contributed by atoms with van der Waals surface area (Å²) < 4.78 is 0. The Morgan fingerprint density at radius 2 is 1.94 bits per heavy atom. The summed E-state index contributed by atoms with van der Waals surface area (Å²) in [5.41, 5.74) is 0. The van der Waals surface area contributed by atoms with Crippen molar-refractivity contribution in [2.45, 2.75) is 4.90 Å². The van der Waals surface area contributed by atoms with Gasteiger partial charge in [-0.2, -0.15) is 5.10 Å². The molecule has 0 aliphatic heterocycles. The Morgan fingerprint density at radius 1 is 1.06 bits per heavy atom. The van der Waals surface area contributed by atoms with Crippen molar-refractivity contribution in [1.82, 2.24) is 10.2 Å². The maximum Gasteiger partial charge on any atom is 0.148 e. The zero-order chi connectivity index (χ0) is 11.1. The van der Waals surface area contributed by atoms with Crippen LogP contribution in [-0.2, 0) is 0 Å². The standard InChI is InChI=1S/C12H13N3S/c1-2-5-11(6-3-1)16-10-9-13-12-7-4-8-14-15-12/h1-8H,9-10H2,(H,13,15). The van der Waals surface area contributed by atoms with E-state index in [2.05, 4.69) is 39.8 Å². The van der Waals surface area contributed by atoms with Gasteiger partial charge in [0, 0.05) is 23.4 Å². The van der Waals surface area contributed by atoms with Crippen LogP contribution < -0.4 is 5.32 Å². The van der Waals surface area contributed by atoms with Crippen molar-refractivity contribution in [1.29, 1.82) is 0 Å². The summed E-state index contributed by atoms with van der Waals surface area (Å²) >= 11 is 1.83. The normalized spacial score (nSPS) is 10.0. The summed E-state index contributed by atoms with van der Waals surface area (Å²) in [6.07, 6.45) is 1.67. The third-order valence-electron chi connectivity index (χ3n) is 1.99. The lowest BCUT2D eigenvalue weighted by Crippen LogP contribution is -2.05. The van der Waals surface area contributed by atoms with Crippen LogP contribution in [0.2, 0.25) is 0 Å². The second kappa shape index (κ2) is 6.12. The molecule has 0 spiro atoms. The van der Waals surface area contributed by atoms with E-state index in [-0.39, 0.29) is 0 Å². The molecule has 16 heavy (non-hydrogen) atoms. The highest BCUT2D eigenvalue weighted by Gasteiger charge is 1.94. The highest BCUT2D eigenvalue weighted by molar-refractivity contribution is 7.99. The Morgan fingerprint density at radius 3 is 2.69 bits per heavy atom. The molecule has 0 saturated heterocycles. The molecule has 4 heteroatoms. The third-order valence-corrected chi connectivity index (χ3v) is 3.01. The van der Waals surface area contributed by atoms with E-state index in [1.807, 2.05) is 30.0 Å². The van der Waals surface area contributed by atoms with Crippen molar-refractivity contribution in [3.63, 3.8) is 0 Å². The first-order valence-electron chi connectivity index (χ1n) is 5.14. The Bertz CT molecular complexity index is 364. The quantitative estimate of drug-likeness (QED) is 0.634. The van der Waals surface area contributed by atoms with Crippen LogP contribution in [0.3, 0.4) is 0 Å². The van der Waals surface area contributed by atoms with Gasteiger partial charge in [0.2, 0.25) is 0 Å².